The lowest BCUT2D eigenvalue weighted by atomic mass is 10.2. The van der Waals surface area contributed by atoms with Gasteiger partial charge in [-0.1, -0.05) is 30.3 Å². The summed E-state index contributed by atoms with van der Waals surface area (Å²) >= 11 is 0. The van der Waals surface area contributed by atoms with Crippen LogP contribution in [0.5, 0.6) is 0 Å². The molecule has 1 aromatic heterocycles. The number of rotatable bonds is 4. The largest absolute Gasteiger partial charge is 0.444 e. The molecule has 0 fully saturated rings. The van der Waals surface area contributed by atoms with Crippen molar-refractivity contribution in [3.63, 3.8) is 0 Å². The Bertz CT molecular complexity index is 590. The quantitative estimate of drug-likeness (QED) is 0.475. The normalized spacial score (nSPS) is 11.0. The molecule has 22 heavy (non-hydrogen) atoms. The number of benzene rings is 1. The van der Waals surface area contributed by atoms with Crippen LogP contribution in [0.25, 0.3) is 0 Å². The van der Waals surface area contributed by atoms with E-state index in [0.717, 1.165) is 24.0 Å². The van der Waals surface area contributed by atoms with Crippen LogP contribution in [0.15, 0.2) is 39.7 Å². The Morgan fingerprint density at radius 1 is 1.27 bits per heavy atom. The van der Waals surface area contributed by atoms with Crippen LogP contribution in [0.2, 0.25) is 0 Å². The average molecular weight is 414 g/mol. The van der Waals surface area contributed by atoms with Gasteiger partial charge < -0.3 is 14.6 Å². The monoisotopic (exact) mass is 414 g/mol. The third-order valence-electron chi connectivity index (χ3n) is 3.31. The highest BCUT2D eigenvalue weighted by Crippen LogP contribution is 2.08. The molecule has 0 aliphatic heterocycles. The first-order valence-electron chi connectivity index (χ1n) is 6.98. The fourth-order valence-electron chi connectivity index (χ4n) is 2.09. The van der Waals surface area contributed by atoms with Crippen LogP contribution in [0.1, 0.15) is 22.9 Å². The van der Waals surface area contributed by atoms with E-state index in [1.807, 2.05) is 39.1 Å². The van der Waals surface area contributed by atoms with Crippen LogP contribution >= 0.6 is 24.0 Å². The molecular weight excluding hydrogens is 391 g/mol. The second-order valence-electron chi connectivity index (χ2n) is 4.99. The molecule has 0 unspecified atom stereocenters. The Hall–Kier alpha value is -1.57. The molecule has 0 atom stereocenters. The van der Waals surface area contributed by atoms with Crippen LogP contribution in [-0.4, -0.2) is 29.9 Å². The molecule has 5 nitrogen and oxygen atoms in total. The highest BCUT2D eigenvalue weighted by molar-refractivity contribution is 14.0. The molecule has 2 rings (SSSR count). The van der Waals surface area contributed by atoms with Gasteiger partial charge in [0.2, 0.25) is 5.89 Å². The fraction of sp³-hybridized carbons (Fsp3) is 0.375. The maximum Gasteiger partial charge on any atom is 0.214 e. The molecule has 6 heteroatoms. The molecule has 120 valence electrons. The van der Waals surface area contributed by atoms with Crippen molar-refractivity contribution in [3.8, 4) is 0 Å². The molecule has 0 amide bonds. The second kappa shape index (κ2) is 8.77. The van der Waals surface area contributed by atoms with Crippen LogP contribution in [0, 0.1) is 13.8 Å². The zero-order valence-corrected chi connectivity index (χ0v) is 15.8. The molecule has 0 bridgehead atoms. The number of aliphatic imine (C=N–C) groups is 1. The number of nitrogens with zero attached hydrogens (tertiary/aromatic N) is 3. The van der Waals surface area contributed by atoms with E-state index in [0.29, 0.717) is 12.4 Å². The van der Waals surface area contributed by atoms with E-state index in [2.05, 4.69) is 32.3 Å². The molecule has 0 radical (unpaired) electrons. The maximum atomic E-state index is 5.56. The van der Waals surface area contributed by atoms with Gasteiger partial charge in [-0.3, -0.25) is 4.99 Å². The fourth-order valence-corrected chi connectivity index (χ4v) is 2.09. The minimum absolute atomic E-state index is 0. The summed E-state index contributed by atoms with van der Waals surface area (Å²) in [6.45, 7) is 5.19. The third kappa shape index (κ3) is 5.01. The van der Waals surface area contributed by atoms with Gasteiger partial charge in [0.1, 0.15) is 5.76 Å². The molecular formula is C16H23IN4O. The number of aryl methyl sites for hydroxylation is 2. The van der Waals surface area contributed by atoms with E-state index in [1.54, 1.807) is 7.05 Å². The van der Waals surface area contributed by atoms with Crippen molar-refractivity contribution in [2.24, 2.45) is 4.99 Å². The first kappa shape index (κ1) is 18.5. The van der Waals surface area contributed by atoms with Gasteiger partial charge in [-0.2, -0.15) is 0 Å². The summed E-state index contributed by atoms with van der Waals surface area (Å²) in [5, 5.41) is 3.27. The van der Waals surface area contributed by atoms with Crippen LogP contribution in [0.4, 0.5) is 0 Å². The van der Waals surface area contributed by atoms with Crippen LogP contribution < -0.4 is 5.32 Å². The van der Waals surface area contributed by atoms with Crippen molar-refractivity contribution in [1.29, 1.82) is 0 Å². The van der Waals surface area contributed by atoms with Gasteiger partial charge in [-0.15, -0.1) is 24.0 Å². The number of oxazole rings is 1. The highest BCUT2D eigenvalue weighted by Gasteiger charge is 2.09. The Balaban J connectivity index is 0.00000242. The minimum atomic E-state index is 0. The van der Waals surface area contributed by atoms with E-state index in [9.17, 15) is 0 Å². The highest BCUT2D eigenvalue weighted by atomic mass is 127. The van der Waals surface area contributed by atoms with Crippen LogP contribution in [-0.2, 0) is 13.1 Å². The smallest absolute Gasteiger partial charge is 0.214 e. The topological polar surface area (TPSA) is 53.7 Å². The van der Waals surface area contributed by atoms with Crippen LogP contribution in [0.3, 0.4) is 0 Å². The van der Waals surface area contributed by atoms with Gasteiger partial charge in [0.25, 0.3) is 0 Å². The number of halogens is 1. The van der Waals surface area contributed by atoms with Gasteiger partial charge in [-0.25, -0.2) is 4.98 Å². The van der Waals surface area contributed by atoms with E-state index in [-0.39, 0.29) is 24.0 Å². The first-order valence-corrected chi connectivity index (χ1v) is 6.98. The number of hydrogen-bond donors (Lipinski definition) is 1. The summed E-state index contributed by atoms with van der Waals surface area (Å²) in [6.07, 6.45) is 0. The summed E-state index contributed by atoms with van der Waals surface area (Å²) in [5.74, 6) is 2.35. The molecule has 2 aromatic rings. The molecule has 0 spiro atoms. The predicted octanol–water partition coefficient (Wildman–Crippen LogP) is 3.12. The zero-order valence-electron chi connectivity index (χ0n) is 13.5. The zero-order chi connectivity index (χ0) is 15.2. The summed E-state index contributed by atoms with van der Waals surface area (Å²) in [6, 6.07) is 10.3. The second-order valence-corrected chi connectivity index (χ2v) is 4.99. The van der Waals surface area contributed by atoms with Crippen molar-refractivity contribution >= 4 is 29.9 Å². The lowest BCUT2D eigenvalue weighted by molar-refractivity contribution is 0.443. The lowest BCUT2D eigenvalue weighted by Gasteiger charge is -2.21. The number of hydrogen-bond acceptors (Lipinski definition) is 3. The molecule has 0 saturated heterocycles. The predicted molar refractivity (Wildman–Crippen MR) is 99.5 cm³/mol. The maximum absolute atomic E-state index is 5.56. The van der Waals surface area contributed by atoms with E-state index in [1.165, 1.54) is 5.56 Å². The number of aromatic nitrogens is 1. The van der Waals surface area contributed by atoms with Crippen molar-refractivity contribution in [2.45, 2.75) is 26.9 Å². The summed E-state index contributed by atoms with van der Waals surface area (Å²) in [4.78, 5) is 10.7. The molecule has 0 aliphatic rings. The van der Waals surface area contributed by atoms with E-state index < -0.39 is 0 Å². The van der Waals surface area contributed by atoms with Gasteiger partial charge in [-0.05, 0) is 19.4 Å². The Labute approximate surface area is 148 Å². The summed E-state index contributed by atoms with van der Waals surface area (Å²) < 4.78 is 5.56. The molecule has 1 aromatic carbocycles. The summed E-state index contributed by atoms with van der Waals surface area (Å²) in [7, 11) is 3.78. The average Bonchev–Trinajstić information content (AvgIpc) is 2.79. The van der Waals surface area contributed by atoms with Gasteiger partial charge in [0, 0.05) is 20.6 Å². The van der Waals surface area contributed by atoms with Gasteiger partial charge in [0.05, 0.1) is 12.2 Å². The van der Waals surface area contributed by atoms with Crippen molar-refractivity contribution < 1.29 is 4.42 Å². The Morgan fingerprint density at radius 3 is 2.50 bits per heavy atom. The first-order chi connectivity index (χ1) is 10.1. The number of nitrogens with one attached hydrogen (secondary N) is 1. The molecule has 0 saturated carbocycles. The van der Waals surface area contributed by atoms with Gasteiger partial charge >= 0.3 is 0 Å². The Kier molecular flexibility index (Phi) is 7.37. The van der Waals surface area contributed by atoms with Crippen molar-refractivity contribution in [1.82, 2.24) is 15.2 Å². The Morgan fingerprint density at radius 2 is 1.95 bits per heavy atom. The summed E-state index contributed by atoms with van der Waals surface area (Å²) in [5.41, 5.74) is 2.17. The SMILES string of the molecule is CN=C(NCc1nc(C)c(C)o1)N(C)Cc1ccccc1.I. The molecule has 1 N–H and O–H groups in total. The van der Waals surface area contributed by atoms with E-state index in [4.69, 9.17) is 4.42 Å². The van der Waals surface area contributed by atoms with Crippen molar-refractivity contribution in [3.05, 3.63) is 53.2 Å². The number of guanidine groups is 1. The van der Waals surface area contributed by atoms with Gasteiger partial charge in [0.15, 0.2) is 5.96 Å². The minimum Gasteiger partial charge on any atom is -0.444 e. The van der Waals surface area contributed by atoms with Crippen molar-refractivity contribution in [2.75, 3.05) is 14.1 Å². The lowest BCUT2D eigenvalue weighted by Crippen LogP contribution is -2.38. The third-order valence-corrected chi connectivity index (χ3v) is 3.31. The molecule has 0 aliphatic carbocycles. The molecule has 1 heterocycles. The van der Waals surface area contributed by atoms with E-state index >= 15 is 0 Å². The standard InChI is InChI=1S/C16H22N4O.HI/c1-12-13(2)21-15(19-12)10-18-16(17-3)20(4)11-14-8-6-5-7-9-14;/h5-9H,10-11H2,1-4H3,(H,17,18);1H.